The summed E-state index contributed by atoms with van der Waals surface area (Å²) in [7, 11) is -0.186. The first-order chi connectivity index (χ1) is 22.7. The summed E-state index contributed by atoms with van der Waals surface area (Å²) in [5.41, 5.74) is 4.06. The van der Waals surface area contributed by atoms with Crippen molar-refractivity contribution in [2.75, 3.05) is 20.7 Å². The molecule has 2 aromatic carbocycles. The average molecular weight is 660 g/mol. The highest BCUT2D eigenvalue weighted by atomic mass is 32.2. The largest absolute Gasteiger partial charge is 0.497 e. The van der Waals surface area contributed by atoms with Crippen molar-refractivity contribution in [1.29, 1.82) is 0 Å². The molecule has 2 N–H and O–H groups in total. The monoisotopic (exact) mass is 659 g/mol. The Hall–Kier alpha value is -3.41. The number of ether oxygens (including phenoxy) is 1. The quantitative estimate of drug-likeness (QED) is 0.312. The first kappa shape index (κ1) is 30.9. The van der Waals surface area contributed by atoms with E-state index >= 15 is 0 Å². The number of nitrogens with zero attached hydrogens (tertiary/aromatic N) is 3. The molecule has 1 aromatic heterocycles. The van der Waals surface area contributed by atoms with Crippen LogP contribution in [0.15, 0.2) is 42.5 Å². The van der Waals surface area contributed by atoms with E-state index in [1.54, 1.807) is 13.2 Å². The molecule has 5 fully saturated rings. The number of nitrogens with one attached hydrogen (secondary N) is 2. The number of amides is 2. The summed E-state index contributed by atoms with van der Waals surface area (Å²) in [6, 6.07) is 13.9. The molecule has 8 rings (SSSR count). The van der Waals surface area contributed by atoms with Gasteiger partial charge in [-0.2, -0.15) is 13.1 Å². The topological polar surface area (TPSA) is 113 Å². The zero-order valence-electron chi connectivity index (χ0n) is 27.3. The maximum absolute atomic E-state index is 14.5. The SMILES string of the molecule is COc1ccc(-c2c(C3CCCCC3)c3ccc(C(=O)NS(=O)(=O)NC4CC4)cc3n2CC2(C(=O)N3C4CCC3N(C)C4)CC2)cc1. The second-order valence-corrected chi connectivity index (χ2v) is 16.1. The zero-order chi connectivity index (χ0) is 32.5. The first-order valence-electron chi connectivity index (χ1n) is 17.3. The summed E-state index contributed by atoms with van der Waals surface area (Å²) in [4.78, 5) is 32.4. The molecule has 2 unspecified atom stereocenters. The van der Waals surface area contributed by atoms with Gasteiger partial charge < -0.3 is 14.2 Å². The molecule has 3 heterocycles. The summed E-state index contributed by atoms with van der Waals surface area (Å²) in [6.45, 7) is 1.45. The summed E-state index contributed by atoms with van der Waals surface area (Å²) in [5, 5.41) is 1.07. The average Bonchev–Trinajstić information content (AvgIpc) is 3.96. The predicted molar refractivity (Wildman–Crippen MR) is 180 cm³/mol. The van der Waals surface area contributed by atoms with Gasteiger partial charge in [-0.3, -0.25) is 14.5 Å². The lowest BCUT2D eigenvalue weighted by Crippen LogP contribution is -2.44. The smallest absolute Gasteiger partial charge is 0.301 e. The van der Waals surface area contributed by atoms with Crippen LogP contribution in [0, 0.1) is 5.41 Å². The van der Waals surface area contributed by atoms with E-state index in [2.05, 4.69) is 43.0 Å². The Bertz CT molecular complexity index is 1820. The van der Waals surface area contributed by atoms with Crippen molar-refractivity contribution >= 4 is 32.9 Å². The molecule has 5 aliphatic rings. The highest BCUT2D eigenvalue weighted by molar-refractivity contribution is 7.88. The van der Waals surface area contributed by atoms with Crippen LogP contribution < -0.4 is 14.2 Å². The zero-order valence-corrected chi connectivity index (χ0v) is 28.2. The van der Waals surface area contributed by atoms with E-state index in [0.29, 0.717) is 12.5 Å². The van der Waals surface area contributed by atoms with E-state index < -0.39 is 21.5 Å². The van der Waals surface area contributed by atoms with Gasteiger partial charge in [0.2, 0.25) is 5.91 Å². The van der Waals surface area contributed by atoms with Crippen molar-refractivity contribution in [2.24, 2.45) is 5.41 Å². The maximum Gasteiger partial charge on any atom is 0.301 e. The molecule has 0 spiro atoms. The summed E-state index contributed by atoms with van der Waals surface area (Å²) in [6.07, 6.45) is 11.2. The third-order valence-electron chi connectivity index (χ3n) is 11.4. The third kappa shape index (κ3) is 5.64. The Morgan fingerprint density at radius 1 is 0.957 bits per heavy atom. The number of benzene rings is 2. The van der Waals surface area contributed by atoms with E-state index in [-0.39, 0.29) is 29.7 Å². The minimum absolute atomic E-state index is 0.108. The van der Waals surface area contributed by atoms with Crippen LogP contribution >= 0.6 is 0 Å². The molecule has 2 amide bonds. The number of methoxy groups -OCH3 is 1. The maximum atomic E-state index is 14.5. The van der Waals surface area contributed by atoms with E-state index in [1.165, 1.54) is 24.8 Å². The van der Waals surface area contributed by atoms with Gasteiger partial charge in [0.15, 0.2) is 0 Å². The van der Waals surface area contributed by atoms with E-state index in [1.807, 2.05) is 24.3 Å². The van der Waals surface area contributed by atoms with Gasteiger partial charge in [0.1, 0.15) is 5.75 Å². The fourth-order valence-electron chi connectivity index (χ4n) is 8.57. The number of hydrogen-bond donors (Lipinski definition) is 2. The summed E-state index contributed by atoms with van der Waals surface area (Å²) < 4.78 is 37.9. The number of likely N-dealkylation sites (tertiary alicyclic amines) is 1. The van der Waals surface area contributed by atoms with Gasteiger partial charge >= 0.3 is 10.2 Å². The van der Waals surface area contributed by atoms with Crippen LogP contribution in [-0.2, 0) is 21.5 Å². The molecule has 2 aliphatic heterocycles. The number of fused-ring (bicyclic) bond motifs is 3. The van der Waals surface area contributed by atoms with E-state index in [4.69, 9.17) is 4.74 Å². The van der Waals surface area contributed by atoms with Crippen molar-refractivity contribution in [3.63, 3.8) is 0 Å². The molecule has 3 saturated carbocycles. The standard InChI is InChI=1S/C36H45N5O5S/c1-39-21-27-13-17-31(39)41(27)35(43)36(18-19-36)22-40-30-20-25(34(42)38-47(44,45)37-26-11-12-26)10-16-29(30)32(23-6-4-3-5-7-23)33(40)24-8-14-28(46-2)15-9-24/h8-10,14-16,20,23,26-27,31,37H,3-7,11-13,17-19,21-22H2,1-2H3,(H,38,42). The number of hydrogen-bond acceptors (Lipinski definition) is 6. The molecule has 11 heteroatoms. The van der Waals surface area contributed by atoms with Crippen LogP contribution in [0.1, 0.15) is 92.5 Å². The third-order valence-corrected chi connectivity index (χ3v) is 12.4. The van der Waals surface area contributed by atoms with Crippen LogP contribution in [0.3, 0.4) is 0 Å². The van der Waals surface area contributed by atoms with Gasteiger partial charge in [0.25, 0.3) is 5.91 Å². The molecule has 3 aromatic rings. The summed E-state index contributed by atoms with van der Waals surface area (Å²) >= 11 is 0. The highest BCUT2D eigenvalue weighted by Crippen LogP contribution is 2.54. The van der Waals surface area contributed by atoms with Crippen molar-refractivity contribution in [3.8, 4) is 17.0 Å². The van der Waals surface area contributed by atoms with Crippen LogP contribution in [0.5, 0.6) is 5.75 Å². The number of aromatic nitrogens is 1. The predicted octanol–water partition coefficient (Wildman–Crippen LogP) is 5.13. The van der Waals surface area contributed by atoms with Crippen molar-refractivity contribution in [2.45, 2.75) is 101 Å². The van der Waals surface area contributed by atoms with E-state index in [9.17, 15) is 18.0 Å². The minimum atomic E-state index is -3.97. The van der Waals surface area contributed by atoms with Gasteiger partial charge in [-0.05, 0) is 112 Å². The Balaban J connectivity index is 1.25. The number of carbonyl (C=O) groups is 2. The lowest BCUT2D eigenvalue weighted by molar-refractivity contribution is -0.139. The molecule has 250 valence electrons. The Morgan fingerprint density at radius 2 is 1.70 bits per heavy atom. The first-order valence-corrected chi connectivity index (χ1v) is 18.8. The summed E-state index contributed by atoms with van der Waals surface area (Å²) in [5.74, 6) is 0.716. The van der Waals surface area contributed by atoms with Gasteiger partial charge in [0, 0.05) is 41.6 Å². The number of carbonyl (C=O) groups excluding carboxylic acids is 2. The van der Waals surface area contributed by atoms with E-state index in [0.717, 1.165) is 85.8 Å². The number of piperidine rings is 1. The molecular weight excluding hydrogens is 614 g/mol. The number of likely N-dealkylation sites (N-methyl/N-ethyl adjacent to an activating group) is 1. The normalized spacial score (nSPS) is 24.2. The minimum Gasteiger partial charge on any atom is -0.497 e. The van der Waals surface area contributed by atoms with Crippen LogP contribution in [0.4, 0.5) is 0 Å². The lowest BCUT2D eigenvalue weighted by Gasteiger charge is -2.29. The molecule has 47 heavy (non-hydrogen) atoms. The molecular formula is C36H45N5O5S. The highest BCUT2D eigenvalue weighted by Gasteiger charge is 2.57. The molecule has 2 atom stereocenters. The van der Waals surface area contributed by atoms with Gasteiger partial charge in [-0.15, -0.1) is 0 Å². The molecule has 2 saturated heterocycles. The van der Waals surface area contributed by atoms with Crippen LogP contribution in [0.2, 0.25) is 0 Å². The lowest BCUT2D eigenvalue weighted by atomic mass is 9.81. The Labute approximate surface area is 277 Å². The molecule has 0 radical (unpaired) electrons. The fraction of sp³-hybridized carbons (Fsp3) is 0.556. The second kappa shape index (κ2) is 11.6. The van der Waals surface area contributed by atoms with Crippen molar-refractivity contribution in [1.82, 2.24) is 23.8 Å². The van der Waals surface area contributed by atoms with Gasteiger partial charge in [0.05, 0.1) is 24.4 Å². The Morgan fingerprint density at radius 3 is 2.32 bits per heavy atom. The molecule has 10 nitrogen and oxygen atoms in total. The van der Waals surface area contributed by atoms with Crippen molar-refractivity contribution < 1.29 is 22.7 Å². The molecule has 2 bridgehead atoms. The van der Waals surface area contributed by atoms with Gasteiger partial charge in [-0.25, -0.2) is 4.72 Å². The second-order valence-electron chi connectivity index (χ2n) is 14.6. The van der Waals surface area contributed by atoms with Crippen LogP contribution in [-0.4, -0.2) is 73.6 Å². The molecule has 3 aliphatic carbocycles. The van der Waals surface area contributed by atoms with Crippen LogP contribution in [0.25, 0.3) is 22.2 Å². The fourth-order valence-corrected chi connectivity index (χ4v) is 9.67. The van der Waals surface area contributed by atoms with Gasteiger partial charge in [-0.1, -0.05) is 25.3 Å². The number of rotatable bonds is 10. The van der Waals surface area contributed by atoms with Crippen molar-refractivity contribution in [3.05, 3.63) is 53.6 Å². The Kier molecular flexibility index (Phi) is 7.64.